The van der Waals surface area contributed by atoms with Gasteiger partial charge in [0.2, 0.25) is 0 Å². The molecular formula is C12H17OSn. The predicted octanol–water partition coefficient (Wildman–Crippen LogP) is 1.58. The Morgan fingerprint density at radius 3 is 2.64 bits per heavy atom. The Morgan fingerprint density at radius 1 is 1.21 bits per heavy atom. The zero-order valence-corrected chi connectivity index (χ0v) is 12.0. The zero-order chi connectivity index (χ0) is 9.80. The Balaban J connectivity index is 1.92. The molecule has 1 radical (unpaired) electrons. The van der Waals surface area contributed by atoms with E-state index in [1.54, 1.807) is 3.58 Å². The predicted molar refractivity (Wildman–Crippen MR) is 61.6 cm³/mol. The molecule has 0 aromatic heterocycles. The molecule has 1 heterocycles. The van der Waals surface area contributed by atoms with Gasteiger partial charge in [-0.3, -0.25) is 0 Å². The van der Waals surface area contributed by atoms with Crippen LogP contribution in [-0.4, -0.2) is 31.9 Å². The molecule has 0 amide bonds. The number of aryl methyl sites for hydroxylation is 1. The molecule has 1 aliphatic heterocycles. The van der Waals surface area contributed by atoms with Crippen LogP contribution in [0.15, 0.2) is 24.3 Å². The van der Waals surface area contributed by atoms with Crippen LogP contribution in [0.5, 0.6) is 0 Å². The second-order valence-electron chi connectivity index (χ2n) is 3.98. The monoisotopic (exact) mass is 297 g/mol. The van der Waals surface area contributed by atoms with E-state index in [2.05, 4.69) is 31.2 Å². The summed E-state index contributed by atoms with van der Waals surface area (Å²) in [5, 5.41) is 0. The quantitative estimate of drug-likeness (QED) is 0.753. The van der Waals surface area contributed by atoms with Gasteiger partial charge in [-0.1, -0.05) is 0 Å². The van der Waals surface area contributed by atoms with Gasteiger partial charge in [0.1, 0.15) is 0 Å². The molecule has 1 aromatic rings. The Labute approximate surface area is 96.1 Å². The van der Waals surface area contributed by atoms with Crippen molar-refractivity contribution in [2.24, 2.45) is 0 Å². The van der Waals surface area contributed by atoms with Crippen LogP contribution < -0.4 is 3.58 Å². The molecule has 1 aromatic carbocycles. The average molecular weight is 296 g/mol. The number of benzene rings is 1. The number of rotatable bonds is 2. The van der Waals surface area contributed by atoms with Gasteiger partial charge in [-0.05, 0) is 0 Å². The summed E-state index contributed by atoms with van der Waals surface area (Å²) >= 11 is -0.666. The zero-order valence-electron chi connectivity index (χ0n) is 8.70. The summed E-state index contributed by atoms with van der Waals surface area (Å²) in [6.07, 6.45) is 3.96. The van der Waals surface area contributed by atoms with E-state index in [1.165, 1.54) is 24.8 Å². The SMILES string of the molecule is Cc1cc[c]([SnH][CH]2CCCCO2)cc1. The molecule has 0 bridgehead atoms. The Kier molecular flexibility index (Phi) is 3.88. The molecule has 0 aliphatic carbocycles. The fraction of sp³-hybridized carbons (Fsp3) is 0.500. The number of hydrogen-bond acceptors (Lipinski definition) is 1. The van der Waals surface area contributed by atoms with Gasteiger partial charge < -0.3 is 0 Å². The van der Waals surface area contributed by atoms with Crippen molar-refractivity contribution in [1.82, 2.24) is 0 Å². The van der Waals surface area contributed by atoms with Crippen LogP contribution in [-0.2, 0) is 4.74 Å². The van der Waals surface area contributed by atoms with E-state index >= 15 is 0 Å². The minimum absolute atomic E-state index is 0.654. The van der Waals surface area contributed by atoms with Crippen LogP contribution in [0.1, 0.15) is 24.8 Å². The molecule has 1 nitrogen and oxygen atoms in total. The molecule has 0 saturated carbocycles. The summed E-state index contributed by atoms with van der Waals surface area (Å²) in [5.74, 6) is 0. The molecule has 1 aliphatic rings. The van der Waals surface area contributed by atoms with Crippen molar-refractivity contribution >= 4 is 24.7 Å². The normalized spacial score (nSPS) is 22.2. The Bertz CT molecular complexity index is 275. The third-order valence-corrected chi connectivity index (χ3v) is 7.43. The molecule has 1 atom stereocenters. The molecule has 1 saturated heterocycles. The van der Waals surface area contributed by atoms with E-state index in [0.717, 1.165) is 6.61 Å². The summed E-state index contributed by atoms with van der Waals surface area (Å²) in [6, 6.07) is 9.05. The first-order valence-electron chi connectivity index (χ1n) is 5.38. The molecular weight excluding hydrogens is 279 g/mol. The molecule has 1 unspecified atom stereocenters. The van der Waals surface area contributed by atoms with Gasteiger partial charge in [0.15, 0.2) is 0 Å². The van der Waals surface area contributed by atoms with Crippen LogP contribution in [0, 0.1) is 6.92 Å². The summed E-state index contributed by atoms with van der Waals surface area (Å²) in [5.41, 5.74) is 1.36. The van der Waals surface area contributed by atoms with Crippen molar-refractivity contribution < 1.29 is 4.74 Å². The maximum absolute atomic E-state index is 5.80. The second-order valence-corrected chi connectivity index (χ2v) is 8.96. The van der Waals surface area contributed by atoms with E-state index in [9.17, 15) is 0 Å². The molecule has 1 fully saturated rings. The summed E-state index contributed by atoms with van der Waals surface area (Å²) in [7, 11) is 0. The van der Waals surface area contributed by atoms with Gasteiger partial charge in [-0.15, -0.1) is 0 Å². The maximum atomic E-state index is 5.80. The topological polar surface area (TPSA) is 9.23 Å². The molecule has 2 heteroatoms. The fourth-order valence-electron chi connectivity index (χ4n) is 1.79. The van der Waals surface area contributed by atoms with Gasteiger partial charge in [0, 0.05) is 0 Å². The van der Waals surface area contributed by atoms with Gasteiger partial charge in [0.25, 0.3) is 0 Å². The van der Waals surface area contributed by atoms with Gasteiger partial charge >= 0.3 is 96.2 Å². The van der Waals surface area contributed by atoms with Crippen LogP contribution in [0.2, 0.25) is 0 Å². The second kappa shape index (κ2) is 5.17. The standard InChI is InChI=1S/C7H7.C5H9O.Sn.H/c1-7-5-3-2-4-6-7;1-2-4-6-5-3-1;;/h3-6H,1H3;4H,1-3,5H2;;. The molecule has 0 spiro atoms. The van der Waals surface area contributed by atoms with Crippen LogP contribution in [0.3, 0.4) is 0 Å². The van der Waals surface area contributed by atoms with Crippen LogP contribution in [0.4, 0.5) is 0 Å². The molecule has 14 heavy (non-hydrogen) atoms. The molecule has 75 valence electrons. The Hall–Kier alpha value is -0.0213. The van der Waals surface area contributed by atoms with Gasteiger partial charge in [-0.25, -0.2) is 0 Å². The number of hydrogen-bond donors (Lipinski definition) is 0. The van der Waals surface area contributed by atoms with Gasteiger partial charge in [-0.2, -0.15) is 0 Å². The first kappa shape index (κ1) is 10.5. The van der Waals surface area contributed by atoms with Crippen LogP contribution in [0.25, 0.3) is 0 Å². The first-order chi connectivity index (χ1) is 6.84. The fourth-order valence-corrected chi connectivity index (χ4v) is 6.01. The summed E-state index contributed by atoms with van der Waals surface area (Å²) < 4.78 is 8.05. The molecule has 0 N–H and O–H groups in total. The summed E-state index contributed by atoms with van der Waals surface area (Å²) in [4.78, 5) is 0. The van der Waals surface area contributed by atoms with E-state index in [-0.39, 0.29) is 0 Å². The van der Waals surface area contributed by atoms with Gasteiger partial charge in [0.05, 0.1) is 0 Å². The van der Waals surface area contributed by atoms with E-state index in [4.69, 9.17) is 4.74 Å². The third-order valence-electron chi connectivity index (χ3n) is 2.67. The van der Waals surface area contributed by atoms with E-state index < -0.39 is 21.1 Å². The third kappa shape index (κ3) is 2.99. The van der Waals surface area contributed by atoms with E-state index in [0.29, 0.717) is 4.12 Å². The average Bonchev–Trinajstić information content (AvgIpc) is 2.23. The minimum atomic E-state index is -0.666. The van der Waals surface area contributed by atoms with Crippen molar-refractivity contribution in [3.63, 3.8) is 0 Å². The Morgan fingerprint density at radius 2 is 2.00 bits per heavy atom. The van der Waals surface area contributed by atoms with Crippen molar-refractivity contribution in [2.75, 3.05) is 6.61 Å². The first-order valence-corrected chi connectivity index (χ1v) is 8.93. The van der Waals surface area contributed by atoms with Crippen molar-refractivity contribution in [1.29, 1.82) is 0 Å². The van der Waals surface area contributed by atoms with Crippen molar-refractivity contribution in [3.8, 4) is 0 Å². The molecule has 2 rings (SSSR count). The van der Waals surface area contributed by atoms with Crippen molar-refractivity contribution in [3.05, 3.63) is 29.8 Å². The van der Waals surface area contributed by atoms with Crippen molar-refractivity contribution in [2.45, 2.75) is 30.3 Å². The van der Waals surface area contributed by atoms with E-state index in [1.807, 2.05) is 0 Å². The van der Waals surface area contributed by atoms with Crippen LogP contribution >= 0.6 is 0 Å². The number of ether oxygens (including phenoxy) is 1. The summed E-state index contributed by atoms with van der Waals surface area (Å²) in [6.45, 7) is 3.15.